The lowest BCUT2D eigenvalue weighted by molar-refractivity contribution is -0.897. The van der Waals surface area contributed by atoms with Crippen LogP contribution in [0, 0.1) is 5.41 Å². The number of carbonyl (C=O) groups is 2. The average Bonchev–Trinajstić information content (AvgIpc) is 3.11. The van der Waals surface area contributed by atoms with Gasteiger partial charge in [0.25, 0.3) is 0 Å². The Labute approximate surface area is 195 Å². The highest BCUT2D eigenvalue weighted by Gasteiger charge is 2.48. The van der Waals surface area contributed by atoms with Crippen molar-refractivity contribution in [1.82, 2.24) is 5.32 Å². The second-order valence-electron chi connectivity index (χ2n) is 9.98. The molecule has 0 aromatic heterocycles. The lowest BCUT2D eigenvalue weighted by Gasteiger charge is -2.46. The number of nitrogens with zero attached hydrogens (tertiary/aromatic N) is 1. The third kappa shape index (κ3) is 4.53. The molecule has 1 amide bonds. The van der Waals surface area contributed by atoms with Gasteiger partial charge in [-0.2, -0.15) is 0 Å². The summed E-state index contributed by atoms with van der Waals surface area (Å²) >= 11 is 0. The average molecular weight is 450 g/mol. The van der Waals surface area contributed by atoms with E-state index >= 15 is 0 Å². The molecule has 0 unspecified atom stereocenters. The van der Waals surface area contributed by atoms with Gasteiger partial charge in [0.1, 0.15) is 12.6 Å². The van der Waals surface area contributed by atoms with E-state index in [1.165, 1.54) is 0 Å². The highest BCUT2D eigenvalue weighted by atomic mass is 16.5. The van der Waals surface area contributed by atoms with Crippen LogP contribution >= 0.6 is 0 Å². The second kappa shape index (κ2) is 9.02. The van der Waals surface area contributed by atoms with Gasteiger partial charge in [0.05, 0.1) is 27.2 Å². The van der Waals surface area contributed by atoms with E-state index in [1.807, 2.05) is 24.3 Å². The Bertz CT molecular complexity index is 1010. The number of fused-ring (bicyclic) bond motifs is 3. The number of benzene rings is 2. The summed E-state index contributed by atoms with van der Waals surface area (Å²) in [6, 6.07) is 15.2. The Morgan fingerprint density at radius 1 is 1.12 bits per heavy atom. The molecule has 2 aromatic rings. The summed E-state index contributed by atoms with van der Waals surface area (Å²) < 4.78 is 6.48. The fourth-order valence-electron chi connectivity index (χ4n) is 5.42. The van der Waals surface area contributed by atoms with Crippen molar-refractivity contribution >= 4 is 12.1 Å². The number of ether oxygens (including phenoxy) is 1. The van der Waals surface area contributed by atoms with Crippen LogP contribution < -0.4 is 5.32 Å². The zero-order chi connectivity index (χ0) is 23.6. The highest BCUT2D eigenvalue weighted by Crippen LogP contribution is 2.44. The third-order valence-electron chi connectivity index (χ3n) is 7.45. The fraction of sp³-hybridized carbons (Fsp3) is 0.407. The lowest BCUT2D eigenvalue weighted by Crippen LogP contribution is -2.59. The van der Waals surface area contributed by atoms with E-state index < -0.39 is 23.5 Å². The number of piperidine rings is 1. The van der Waals surface area contributed by atoms with E-state index in [0.717, 1.165) is 39.8 Å². The topological polar surface area (TPSA) is 75.6 Å². The van der Waals surface area contributed by atoms with E-state index in [4.69, 9.17) is 4.74 Å². The lowest BCUT2D eigenvalue weighted by atomic mass is 9.69. The number of hydrogen-bond donors (Lipinski definition) is 2. The number of carbonyl (C=O) groups excluding carboxylic acids is 1. The van der Waals surface area contributed by atoms with Gasteiger partial charge in [0.2, 0.25) is 0 Å². The number of quaternary nitrogens is 1. The van der Waals surface area contributed by atoms with Gasteiger partial charge in [0, 0.05) is 24.2 Å². The van der Waals surface area contributed by atoms with Crippen LogP contribution in [0.5, 0.6) is 0 Å². The molecular formula is C27H33N2O4+. The number of aliphatic carboxylic acids is 1. The fourth-order valence-corrected chi connectivity index (χ4v) is 5.42. The molecule has 0 radical (unpaired) electrons. The molecule has 0 saturated carbocycles. The number of likely N-dealkylation sites (tertiary alicyclic amines) is 1. The molecule has 1 aliphatic carbocycles. The van der Waals surface area contributed by atoms with Crippen molar-refractivity contribution in [3.63, 3.8) is 0 Å². The van der Waals surface area contributed by atoms with Crippen LogP contribution in [0.1, 0.15) is 36.3 Å². The molecule has 1 atom stereocenters. The molecule has 1 aliphatic heterocycles. The molecule has 33 heavy (non-hydrogen) atoms. The van der Waals surface area contributed by atoms with Gasteiger partial charge in [-0.1, -0.05) is 54.6 Å². The van der Waals surface area contributed by atoms with Crippen molar-refractivity contribution in [2.45, 2.75) is 31.2 Å². The number of carboxylic acid groups (broad SMARTS) is 1. The van der Waals surface area contributed by atoms with E-state index in [-0.39, 0.29) is 12.5 Å². The minimum atomic E-state index is -1.03. The van der Waals surface area contributed by atoms with Crippen LogP contribution in [0.4, 0.5) is 4.79 Å². The maximum Gasteiger partial charge on any atom is 0.407 e. The first-order valence-corrected chi connectivity index (χ1v) is 11.5. The Hall–Kier alpha value is -3.12. The third-order valence-corrected chi connectivity index (χ3v) is 7.45. The minimum Gasteiger partial charge on any atom is -0.480 e. The SMILES string of the molecule is C=CCC1([C@H](NC(=O)OCC2c3ccccc3-c3ccccc32)C(=O)O)CC[N+](C)(C)CC1. The van der Waals surface area contributed by atoms with Gasteiger partial charge >= 0.3 is 12.1 Å². The normalized spacial score (nSPS) is 19.1. The van der Waals surface area contributed by atoms with Crippen LogP contribution in [-0.4, -0.2) is 61.5 Å². The summed E-state index contributed by atoms with van der Waals surface area (Å²) in [6.07, 6.45) is 3.01. The van der Waals surface area contributed by atoms with Crippen molar-refractivity contribution in [2.75, 3.05) is 33.8 Å². The molecule has 2 aromatic carbocycles. The standard InChI is InChI=1S/C27H32N2O4/c1-4-13-27(14-16-29(2,3)17-15-27)24(25(30)31)28-26(32)33-18-23-21-11-7-5-9-19(21)20-10-6-8-12-22(20)23/h4-12,23-24H,1,13-18H2,2-3H3,(H-,28,30,31,32)/p+1/t24-/m1/s1. The van der Waals surface area contributed by atoms with E-state index in [9.17, 15) is 14.7 Å². The van der Waals surface area contributed by atoms with E-state index in [0.29, 0.717) is 19.3 Å². The minimum absolute atomic E-state index is 0.0682. The summed E-state index contributed by atoms with van der Waals surface area (Å²) in [5.74, 6) is -1.10. The van der Waals surface area contributed by atoms with Crippen molar-refractivity contribution < 1.29 is 23.9 Å². The zero-order valence-electron chi connectivity index (χ0n) is 19.4. The molecule has 0 bridgehead atoms. The largest absolute Gasteiger partial charge is 0.480 e. The van der Waals surface area contributed by atoms with Gasteiger partial charge < -0.3 is 19.6 Å². The van der Waals surface area contributed by atoms with Gasteiger partial charge in [-0.3, -0.25) is 0 Å². The first-order valence-electron chi connectivity index (χ1n) is 11.5. The first-order chi connectivity index (χ1) is 15.8. The number of amides is 1. The molecule has 6 heteroatoms. The van der Waals surface area contributed by atoms with Gasteiger partial charge in [0.15, 0.2) is 0 Å². The van der Waals surface area contributed by atoms with Crippen molar-refractivity contribution in [3.05, 3.63) is 72.3 Å². The molecule has 1 saturated heterocycles. The van der Waals surface area contributed by atoms with Crippen molar-refractivity contribution in [2.24, 2.45) is 5.41 Å². The Morgan fingerprint density at radius 3 is 2.18 bits per heavy atom. The highest BCUT2D eigenvalue weighted by molar-refractivity contribution is 5.81. The van der Waals surface area contributed by atoms with Gasteiger partial charge in [-0.05, 0) is 28.7 Å². The Balaban J connectivity index is 1.48. The quantitative estimate of drug-likeness (QED) is 0.485. The molecule has 2 N–H and O–H groups in total. The van der Waals surface area contributed by atoms with E-state index in [1.54, 1.807) is 6.08 Å². The molecular weight excluding hydrogens is 416 g/mol. The number of carboxylic acids is 1. The summed E-state index contributed by atoms with van der Waals surface area (Å²) in [5, 5.41) is 12.7. The van der Waals surface area contributed by atoms with Crippen LogP contribution in [0.2, 0.25) is 0 Å². The number of rotatable bonds is 7. The monoisotopic (exact) mass is 449 g/mol. The van der Waals surface area contributed by atoms with Crippen LogP contribution in [0.25, 0.3) is 11.1 Å². The predicted octanol–water partition coefficient (Wildman–Crippen LogP) is 4.41. The van der Waals surface area contributed by atoms with Crippen molar-refractivity contribution in [1.29, 1.82) is 0 Å². The number of hydrogen-bond acceptors (Lipinski definition) is 3. The summed E-state index contributed by atoms with van der Waals surface area (Å²) in [6.45, 7) is 5.71. The number of alkyl carbamates (subject to hydrolysis) is 1. The smallest absolute Gasteiger partial charge is 0.407 e. The predicted molar refractivity (Wildman–Crippen MR) is 128 cm³/mol. The Kier molecular flexibility index (Phi) is 6.30. The Morgan fingerprint density at radius 2 is 1.67 bits per heavy atom. The molecule has 0 spiro atoms. The van der Waals surface area contributed by atoms with Crippen LogP contribution in [0.15, 0.2) is 61.2 Å². The van der Waals surface area contributed by atoms with Gasteiger partial charge in [-0.25, -0.2) is 9.59 Å². The van der Waals surface area contributed by atoms with Crippen LogP contribution in [0.3, 0.4) is 0 Å². The summed E-state index contributed by atoms with van der Waals surface area (Å²) in [5.41, 5.74) is 3.98. The summed E-state index contributed by atoms with van der Waals surface area (Å²) in [7, 11) is 4.29. The molecule has 174 valence electrons. The number of allylic oxidation sites excluding steroid dienone is 1. The second-order valence-corrected chi connectivity index (χ2v) is 9.98. The molecule has 6 nitrogen and oxygen atoms in total. The molecule has 1 heterocycles. The maximum atomic E-state index is 12.8. The van der Waals surface area contributed by atoms with Crippen LogP contribution in [-0.2, 0) is 9.53 Å². The molecule has 2 aliphatic rings. The molecule has 4 rings (SSSR count). The number of nitrogens with one attached hydrogen (secondary N) is 1. The summed E-state index contributed by atoms with van der Waals surface area (Å²) in [4.78, 5) is 25.1. The maximum absolute atomic E-state index is 12.8. The van der Waals surface area contributed by atoms with E-state index in [2.05, 4.69) is 50.3 Å². The van der Waals surface area contributed by atoms with Crippen molar-refractivity contribution in [3.8, 4) is 11.1 Å². The zero-order valence-corrected chi connectivity index (χ0v) is 19.4. The molecule has 1 fully saturated rings. The van der Waals surface area contributed by atoms with Gasteiger partial charge in [-0.15, -0.1) is 6.58 Å². The first kappa shape index (κ1) is 23.1.